The number of hydrogen-bond donors (Lipinski definition) is 1. The van der Waals surface area contributed by atoms with Crippen molar-refractivity contribution in [2.45, 2.75) is 45.3 Å². The van der Waals surface area contributed by atoms with Crippen LogP contribution in [-0.2, 0) is 29.2 Å². The average molecular weight is 545 g/mol. The molecule has 0 spiro atoms. The van der Waals surface area contributed by atoms with Crippen molar-refractivity contribution in [1.82, 2.24) is 20.1 Å². The van der Waals surface area contributed by atoms with E-state index >= 15 is 0 Å². The number of amides is 2. The number of aromatic nitrogens is 1. The van der Waals surface area contributed by atoms with Gasteiger partial charge in [0.1, 0.15) is 11.6 Å². The predicted molar refractivity (Wildman–Crippen MR) is 151 cm³/mol. The Morgan fingerprint density at radius 1 is 1.02 bits per heavy atom. The van der Waals surface area contributed by atoms with Gasteiger partial charge in [-0.3, -0.25) is 19.5 Å². The molecule has 1 aromatic heterocycles. The van der Waals surface area contributed by atoms with E-state index in [1.165, 1.54) is 6.07 Å². The number of ether oxygens (including phenoxy) is 1. The third-order valence-corrected chi connectivity index (χ3v) is 7.94. The van der Waals surface area contributed by atoms with Gasteiger partial charge in [-0.2, -0.15) is 0 Å². The fourth-order valence-corrected chi connectivity index (χ4v) is 5.78. The van der Waals surface area contributed by atoms with Crippen molar-refractivity contribution in [1.29, 1.82) is 0 Å². The largest absolute Gasteiger partial charge is 0.493 e. The van der Waals surface area contributed by atoms with Crippen molar-refractivity contribution < 1.29 is 18.7 Å². The number of carbonyl (C=O) groups is 2. The molecule has 210 valence electrons. The van der Waals surface area contributed by atoms with Crippen LogP contribution >= 0.6 is 0 Å². The number of carbonyl (C=O) groups excluding carboxylic acids is 2. The maximum Gasteiger partial charge on any atom is 0.236 e. The molecule has 1 fully saturated rings. The van der Waals surface area contributed by atoms with Gasteiger partial charge in [0.15, 0.2) is 0 Å². The molecule has 1 saturated heterocycles. The second-order valence-electron chi connectivity index (χ2n) is 10.8. The third kappa shape index (κ3) is 7.45. The fraction of sp³-hybridized carbons (Fsp3) is 0.406. The third-order valence-electron chi connectivity index (χ3n) is 7.94. The second kappa shape index (κ2) is 13.5. The van der Waals surface area contributed by atoms with Crippen LogP contribution < -0.4 is 10.1 Å². The van der Waals surface area contributed by atoms with Crippen LogP contribution in [0.4, 0.5) is 4.39 Å². The van der Waals surface area contributed by atoms with E-state index in [0.717, 1.165) is 36.3 Å². The molecule has 0 aliphatic carbocycles. The van der Waals surface area contributed by atoms with E-state index in [2.05, 4.69) is 10.3 Å². The van der Waals surface area contributed by atoms with Crippen LogP contribution in [0, 0.1) is 17.7 Å². The summed E-state index contributed by atoms with van der Waals surface area (Å²) >= 11 is 0. The van der Waals surface area contributed by atoms with Crippen LogP contribution in [0.15, 0.2) is 72.9 Å². The summed E-state index contributed by atoms with van der Waals surface area (Å²) in [4.78, 5) is 34.6. The number of nitrogens with one attached hydrogen (secondary N) is 1. The first-order valence-electron chi connectivity index (χ1n) is 14.2. The number of halogens is 1. The lowest BCUT2D eigenvalue weighted by Gasteiger charge is -2.39. The maximum atomic E-state index is 14.6. The topological polar surface area (TPSA) is 74.8 Å². The standard InChI is InChI=1S/C32H37FN4O3/c33-29-12-3-1-8-26(29)20-36-21-27-9-2-4-13-30(27)40-17-7-10-25-22-37(32(39)23-36)16-14-24(25)18-31(38)35-19-28-11-5-6-15-34-28/h1-6,8-9,11-13,15,24-25H,7,10,14,16-23H2,(H,35,38)/t24-,25-/m0/s1. The van der Waals surface area contributed by atoms with E-state index in [4.69, 9.17) is 4.74 Å². The molecule has 0 saturated carbocycles. The first kappa shape index (κ1) is 27.8. The quantitative estimate of drug-likeness (QED) is 0.492. The second-order valence-corrected chi connectivity index (χ2v) is 10.8. The number of fused-ring (bicyclic) bond motifs is 3. The number of rotatable bonds is 6. The Morgan fingerprint density at radius 3 is 2.70 bits per heavy atom. The molecule has 0 unspecified atom stereocenters. The Balaban J connectivity index is 1.29. The van der Waals surface area contributed by atoms with Crippen molar-refractivity contribution >= 4 is 11.8 Å². The van der Waals surface area contributed by atoms with E-state index < -0.39 is 0 Å². The number of nitrogens with zero attached hydrogens (tertiary/aromatic N) is 3. The zero-order chi connectivity index (χ0) is 27.7. The molecule has 3 heterocycles. The molecule has 2 aliphatic heterocycles. The normalized spacial score (nSPS) is 20.3. The van der Waals surface area contributed by atoms with Crippen LogP contribution in [0.3, 0.4) is 0 Å². The van der Waals surface area contributed by atoms with Gasteiger partial charge < -0.3 is 15.0 Å². The van der Waals surface area contributed by atoms with E-state index in [9.17, 15) is 14.0 Å². The summed E-state index contributed by atoms with van der Waals surface area (Å²) in [6, 6.07) is 20.2. The lowest BCUT2D eigenvalue weighted by molar-refractivity contribution is -0.135. The molecule has 8 heteroatoms. The van der Waals surface area contributed by atoms with E-state index in [1.54, 1.807) is 18.3 Å². The molecule has 2 amide bonds. The minimum absolute atomic E-state index is 0.0135. The molecule has 40 heavy (non-hydrogen) atoms. The smallest absolute Gasteiger partial charge is 0.236 e. The Bertz CT molecular complexity index is 1290. The van der Waals surface area contributed by atoms with E-state index in [-0.39, 0.29) is 36.0 Å². The molecule has 1 N–H and O–H groups in total. The molecule has 2 atom stereocenters. The molecule has 3 aromatic rings. The summed E-state index contributed by atoms with van der Waals surface area (Å²) in [6.45, 7) is 3.20. The lowest BCUT2D eigenvalue weighted by Crippen LogP contribution is -2.48. The summed E-state index contributed by atoms with van der Waals surface area (Å²) in [5.41, 5.74) is 2.37. The number of hydrogen-bond acceptors (Lipinski definition) is 5. The Hall–Kier alpha value is -3.78. The molecule has 2 bridgehead atoms. The van der Waals surface area contributed by atoms with Gasteiger partial charge in [-0.1, -0.05) is 42.5 Å². The van der Waals surface area contributed by atoms with E-state index in [1.807, 2.05) is 58.3 Å². The van der Waals surface area contributed by atoms with Crippen molar-refractivity contribution in [3.63, 3.8) is 0 Å². The van der Waals surface area contributed by atoms with Crippen molar-refractivity contribution in [2.75, 3.05) is 26.2 Å². The molecule has 5 rings (SSSR count). The van der Waals surface area contributed by atoms with Crippen LogP contribution in [0.2, 0.25) is 0 Å². The molecule has 2 aliphatic rings. The monoisotopic (exact) mass is 544 g/mol. The number of piperidine rings is 1. The molecular formula is C32H37FN4O3. The number of pyridine rings is 1. The van der Waals surface area contributed by atoms with Gasteiger partial charge in [0.25, 0.3) is 0 Å². The average Bonchev–Trinajstić information content (AvgIpc) is 2.97. The Kier molecular flexibility index (Phi) is 9.39. The van der Waals surface area contributed by atoms with Crippen LogP contribution in [0.5, 0.6) is 5.75 Å². The van der Waals surface area contributed by atoms with Crippen LogP contribution in [0.1, 0.15) is 42.5 Å². The maximum absolute atomic E-state index is 14.6. The van der Waals surface area contributed by atoms with Crippen LogP contribution in [-0.4, -0.2) is 52.8 Å². The minimum atomic E-state index is -0.274. The first-order valence-corrected chi connectivity index (χ1v) is 14.2. The highest BCUT2D eigenvalue weighted by Crippen LogP contribution is 2.31. The van der Waals surface area contributed by atoms with Gasteiger partial charge in [0, 0.05) is 49.9 Å². The van der Waals surface area contributed by atoms with Crippen molar-refractivity contribution in [3.05, 3.63) is 95.6 Å². The fourth-order valence-electron chi connectivity index (χ4n) is 5.78. The Morgan fingerprint density at radius 2 is 1.85 bits per heavy atom. The highest BCUT2D eigenvalue weighted by atomic mass is 19.1. The first-order chi connectivity index (χ1) is 19.5. The van der Waals surface area contributed by atoms with Gasteiger partial charge in [0.2, 0.25) is 11.8 Å². The lowest BCUT2D eigenvalue weighted by atomic mass is 9.80. The highest BCUT2D eigenvalue weighted by Gasteiger charge is 2.33. The molecular weight excluding hydrogens is 507 g/mol. The Labute approximate surface area is 235 Å². The van der Waals surface area contributed by atoms with Gasteiger partial charge in [0.05, 0.1) is 25.4 Å². The summed E-state index contributed by atoms with van der Waals surface area (Å²) in [5, 5.41) is 3.01. The molecule has 2 aromatic carbocycles. The van der Waals surface area contributed by atoms with Crippen molar-refractivity contribution in [2.24, 2.45) is 11.8 Å². The minimum Gasteiger partial charge on any atom is -0.493 e. The van der Waals surface area contributed by atoms with Crippen molar-refractivity contribution in [3.8, 4) is 5.75 Å². The highest BCUT2D eigenvalue weighted by molar-refractivity contribution is 5.79. The van der Waals surface area contributed by atoms with Crippen LogP contribution in [0.25, 0.3) is 0 Å². The van der Waals surface area contributed by atoms with Gasteiger partial charge in [-0.15, -0.1) is 0 Å². The van der Waals surface area contributed by atoms with Gasteiger partial charge in [-0.05, 0) is 55.4 Å². The predicted octanol–water partition coefficient (Wildman–Crippen LogP) is 4.57. The van der Waals surface area contributed by atoms with E-state index in [0.29, 0.717) is 51.3 Å². The summed E-state index contributed by atoms with van der Waals surface area (Å²) in [7, 11) is 0. The summed E-state index contributed by atoms with van der Waals surface area (Å²) in [6.07, 6.45) is 4.65. The summed E-state index contributed by atoms with van der Waals surface area (Å²) in [5.74, 6) is 0.973. The zero-order valence-corrected chi connectivity index (χ0v) is 22.8. The SMILES string of the molecule is O=C(C[C@@H]1CCN2C[C@@H]1CCCOc1ccccc1CN(Cc1ccccc1F)CC2=O)NCc1ccccn1. The number of benzene rings is 2. The number of para-hydroxylation sites is 1. The zero-order valence-electron chi connectivity index (χ0n) is 22.8. The van der Waals surface area contributed by atoms with Gasteiger partial charge >= 0.3 is 0 Å². The molecule has 0 radical (unpaired) electrons. The van der Waals surface area contributed by atoms with Gasteiger partial charge in [-0.25, -0.2) is 4.39 Å². The molecule has 7 nitrogen and oxygen atoms in total. The summed E-state index contributed by atoms with van der Waals surface area (Å²) < 4.78 is 20.8.